The van der Waals surface area contributed by atoms with Crippen LogP contribution in [0.1, 0.15) is 6.42 Å². The fourth-order valence-electron chi connectivity index (χ4n) is 2.09. The Morgan fingerprint density at radius 1 is 1.20 bits per heavy atom. The number of quaternary nitrogens is 1. The molecule has 3 N–H and O–H groups in total. The van der Waals surface area contributed by atoms with Crippen LogP contribution in [-0.4, -0.2) is 26.2 Å². The SMILES string of the molecule is C1CC2C[NH2+]CC2CN1.[Cl-]. The molecule has 2 aliphatic rings. The number of nitrogens with two attached hydrogens (primary N) is 1. The third-order valence-electron chi connectivity index (χ3n) is 2.70. The third kappa shape index (κ3) is 1.44. The molecule has 2 aliphatic heterocycles. The Kier molecular flexibility index (Phi) is 2.96. The minimum atomic E-state index is 0. The lowest BCUT2D eigenvalue weighted by atomic mass is 9.90. The van der Waals surface area contributed by atoms with Crippen molar-refractivity contribution in [2.45, 2.75) is 6.42 Å². The third-order valence-corrected chi connectivity index (χ3v) is 2.70. The molecule has 0 saturated carbocycles. The van der Waals surface area contributed by atoms with Crippen LogP contribution in [0.3, 0.4) is 0 Å². The molecule has 0 bridgehead atoms. The van der Waals surface area contributed by atoms with Crippen LogP contribution < -0.4 is 23.0 Å². The van der Waals surface area contributed by atoms with Gasteiger partial charge in [0.1, 0.15) is 0 Å². The number of piperidine rings is 1. The van der Waals surface area contributed by atoms with Gasteiger partial charge in [0.05, 0.1) is 13.1 Å². The smallest absolute Gasteiger partial charge is 0.0801 e. The summed E-state index contributed by atoms with van der Waals surface area (Å²) in [7, 11) is 0. The standard InChI is InChI=1S/C7H14N2.ClH/c1-2-8-4-7-5-9-3-6(1)7;/h6-9H,1-5H2;1H. The highest BCUT2D eigenvalue weighted by Gasteiger charge is 2.31. The van der Waals surface area contributed by atoms with Crippen LogP contribution in [0, 0.1) is 11.8 Å². The molecule has 2 heterocycles. The Balaban J connectivity index is 0.000000500. The molecule has 3 heteroatoms. The largest absolute Gasteiger partial charge is 1.00 e. The van der Waals surface area contributed by atoms with E-state index in [0.717, 1.165) is 11.8 Å². The number of rotatable bonds is 0. The maximum absolute atomic E-state index is 3.44. The molecule has 0 spiro atoms. The van der Waals surface area contributed by atoms with Gasteiger partial charge in [-0.05, 0) is 13.0 Å². The summed E-state index contributed by atoms with van der Waals surface area (Å²) in [4.78, 5) is 0. The van der Waals surface area contributed by atoms with E-state index in [9.17, 15) is 0 Å². The van der Waals surface area contributed by atoms with Crippen LogP contribution in [-0.2, 0) is 0 Å². The summed E-state index contributed by atoms with van der Waals surface area (Å²) in [5, 5.41) is 5.90. The van der Waals surface area contributed by atoms with E-state index in [-0.39, 0.29) is 12.4 Å². The van der Waals surface area contributed by atoms with Crippen LogP contribution in [0.15, 0.2) is 0 Å². The van der Waals surface area contributed by atoms with Crippen molar-refractivity contribution in [2.75, 3.05) is 26.2 Å². The van der Waals surface area contributed by atoms with Crippen molar-refractivity contribution in [1.29, 1.82) is 0 Å². The average Bonchev–Trinajstić information content (AvgIpc) is 2.33. The fourth-order valence-corrected chi connectivity index (χ4v) is 2.09. The fraction of sp³-hybridized carbons (Fsp3) is 1.00. The van der Waals surface area contributed by atoms with E-state index < -0.39 is 0 Å². The first-order valence-corrected chi connectivity index (χ1v) is 3.99. The molecular weight excluding hydrogens is 148 g/mol. The summed E-state index contributed by atoms with van der Waals surface area (Å²) in [5.74, 6) is 2.05. The van der Waals surface area contributed by atoms with Crippen LogP contribution in [0.2, 0.25) is 0 Å². The first kappa shape index (κ1) is 8.31. The lowest BCUT2D eigenvalue weighted by Crippen LogP contribution is -3.00. The van der Waals surface area contributed by atoms with E-state index >= 15 is 0 Å². The van der Waals surface area contributed by atoms with Crippen LogP contribution in [0.5, 0.6) is 0 Å². The monoisotopic (exact) mass is 162 g/mol. The van der Waals surface area contributed by atoms with Crippen molar-refractivity contribution in [1.82, 2.24) is 5.32 Å². The van der Waals surface area contributed by atoms with Gasteiger partial charge >= 0.3 is 0 Å². The molecule has 0 aromatic heterocycles. The Bertz CT molecular complexity index is 95.8. The number of hydrogen-bond acceptors (Lipinski definition) is 1. The van der Waals surface area contributed by atoms with Gasteiger partial charge in [-0.25, -0.2) is 0 Å². The van der Waals surface area contributed by atoms with E-state index in [1.807, 2.05) is 0 Å². The number of nitrogens with one attached hydrogen (secondary N) is 1. The van der Waals surface area contributed by atoms with Crippen molar-refractivity contribution >= 4 is 0 Å². The van der Waals surface area contributed by atoms with E-state index in [0.29, 0.717) is 0 Å². The van der Waals surface area contributed by atoms with Crippen molar-refractivity contribution < 1.29 is 17.7 Å². The zero-order valence-electron chi connectivity index (χ0n) is 6.15. The van der Waals surface area contributed by atoms with Gasteiger partial charge in [0, 0.05) is 18.4 Å². The predicted molar refractivity (Wildman–Crippen MR) is 36.1 cm³/mol. The summed E-state index contributed by atoms with van der Waals surface area (Å²) in [5.41, 5.74) is 0. The summed E-state index contributed by atoms with van der Waals surface area (Å²) in [6, 6.07) is 0. The molecule has 10 heavy (non-hydrogen) atoms. The maximum atomic E-state index is 3.44. The summed E-state index contributed by atoms with van der Waals surface area (Å²) in [6.07, 6.45) is 1.42. The number of hydrogen-bond donors (Lipinski definition) is 2. The highest BCUT2D eigenvalue weighted by atomic mass is 35.5. The maximum Gasteiger partial charge on any atom is 0.0801 e. The van der Waals surface area contributed by atoms with Gasteiger partial charge in [0.25, 0.3) is 0 Å². The van der Waals surface area contributed by atoms with Crippen molar-refractivity contribution in [3.8, 4) is 0 Å². The molecular formula is C7H15ClN2. The molecule has 2 fully saturated rings. The van der Waals surface area contributed by atoms with Gasteiger partial charge in [-0.3, -0.25) is 0 Å². The van der Waals surface area contributed by atoms with Gasteiger partial charge in [-0.1, -0.05) is 0 Å². The molecule has 0 aliphatic carbocycles. The minimum Gasteiger partial charge on any atom is -1.00 e. The second-order valence-electron chi connectivity index (χ2n) is 3.27. The molecule has 0 aromatic rings. The van der Waals surface area contributed by atoms with Crippen LogP contribution in [0.25, 0.3) is 0 Å². The predicted octanol–water partition coefficient (Wildman–Crippen LogP) is -4.21. The van der Waals surface area contributed by atoms with Gasteiger partial charge in [-0.15, -0.1) is 0 Å². The van der Waals surface area contributed by atoms with Crippen LogP contribution in [0.4, 0.5) is 0 Å². The Labute approximate surface area is 68.2 Å². The Morgan fingerprint density at radius 2 is 2.00 bits per heavy atom. The molecule has 2 saturated heterocycles. The Hall–Kier alpha value is 0.210. The quantitative estimate of drug-likeness (QED) is 0.372. The highest BCUT2D eigenvalue weighted by Crippen LogP contribution is 2.18. The van der Waals surface area contributed by atoms with Crippen molar-refractivity contribution in [2.24, 2.45) is 11.8 Å². The molecule has 2 atom stereocenters. The summed E-state index contributed by atoms with van der Waals surface area (Å²) >= 11 is 0. The topological polar surface area (TPSA) is 28.6 Å². The first-order chi connectivity index (χ1) is 4.47. The van der Waals surface area contributed by atoms with Crippen molar-refractivity contribution in [3.63, 3.8) is 0 Å². The molecule has 0 aromatic carbocycles. The summed E-state index contributed by atoms with van der Waals surface area (Å²) in [6.45, 7) is 5.31. The van der Waals surface area contributed by atoms with Gasteiger partial charge in [0.15, 0.2) is 0 Å². The summed E-state index contributed by atoms with van der Waals surface area (Å²) < 4.78 is 0. The molecule has 2 unspecified atom stereocenters. The molecule has 60 valence electrons. The molecule has 0 radical (unpaired) electrons. The van der Waals surface area contributed by atoms with Crippen LogP contribution >= 0.6 is 0 Å². The zero-order valence-corrected chi connectivity index (χ0v) is 6.90. The normalized spacial score (nSPS) is 38.4. The van der Waals surface area contributed by atoms with E-state index in [2.05, 4.69) is 10.6 Å². The molecule has 0 amide bonds. The van der Waals surface area contributed by atoms with Gasteiger partial charge in [0.2, 0.25) is 0 Å². The lowest BCUT2D eigenvalue weighted by molar-refractivity contribution is -0.640. The second-order valence-corrected chi connectivity index (χ2v) is 3.27. The molecule has 2 rings (SSSR count). The molecule has 2 nitrogen and oxygen atoms in total. The lowest BCUT2D eigenvalue weighted by Gasteiger charge is -2.21. The number of fused-ring (bicyclic) bond motifs is 1. The van der Waals surface area contributed by atoms with Crippen molar-refractivity contribution in [3.05, 3.63) is 0 Å². The second kappa shape index (κ2) is 3.56. The average molecular weight is 163 g/mol. The van der Waals surface area contributed by atoms with Gasteiger partial charge in [-0.2, -0.15) is 0 Å². The first-order valence-electron chi connectivity index (χ1n) is 3.99. The number of halogens is 1. The van der Waals surface area contributed by atoms with E-state index in [4.69, 9.17) is 0 Å². The zero-order chi connectivity index (χ0) is 6.10. The van der Waals surface area contributed by atoms with E-state index in [1.54, 1.807) is 0 Å². The van der Waals surface area contributed by atoms with E-state index in [1.165, 1.54) is 32.6 Å². The highest BCUT2D eigenvalue weighted by molar-refractivity contribution is 4.79. The Morgan fingerprint density at radius 3 is 2.80 bits per heavy atom. The van der Waals surface area contributed by atoms with Gasteiger partial charge < -0.3 is 23.0 Å². The minimum absolute atomic E-state index is 0.